The molecule has 0 atom stereocenters. The summed E-state index contributed by atoms with van der Waals surface area (Å²) in [6.45, 7) is 6.71. The van der Waals surface area contributed by atoms with E-state index in [0.717, 1.165) is 22.6 Å². The van der Waals surface area contributed by atoms with Crippen molar-refractivity contribution in [3.63, 3.8) is 0 Å². The molecule has 0 amide bonds. The zero-order valence-electron chi connectivity index (χ0n) is 12.0. The Kier molecular flexibility index (Phi) is 4.80. The Bertz CT molecular complexity index is 635. The summed E-state index contributed by atoms with van der Waals surface area (Å²) < 4.78 is 5.58. The fraction of sp³-hybridized carbons (Fsp3) is 0.235. The van der Waals surface area contributed by atoms with Crippen molar-refractivity contribution in [3.8, 4) is 5.75 Å². The predicted molar refractivity (Wildman–Crippen MR) is 85.8 cm³/mol. The molecule has 0 N–H and O–H groups in total. The maximum atomic E-state index is 6.03. The first-order valence-electron chi connectivity index (χ1n) is 6.64. The number of benzene rings is 2. The van der Waals surface area contributed by atoms with Gasteiger partial charge in [-0.15, -0.1) is 0 Å². The highest BCUT2D eigenvalue weighted by atomic mass is 35.5. The van der Waals surface area contributed by atoms with Gasteiger partial charge >= 0.3 is 0 Å². The van der Waals surface area contributed by atoms with E-state index in [1.165, 1.54) is 5.56 Å². The smallest absolute Gasteiger partial charge is 0.128 e. The van der Waals surface area contributed by atoms with Gasteiger partial charge in [0.1, 0.15) is 5.75 Å². The van der Waals surface area contributed by atoms with Crippen LogP contribution in [0.1, 0.15) is 23.6 Å². The molecule has 104 valence electrons. The van der Waals surface area contributed by atoms with E-state index in [2.05, 4.69) is 31.0 Å². The third-order valence-corrected chi connectivity index (χ3v) is 3.20. The highest BCUT2D eigenvalue weighted by Crippen LogP contribution is 2.24. The first-order valence-corrected chi connectivity index (χ1v) is 7.01. The molecule has 0 unspecified atom stereocenters. The molecule has 20 heavy (non-hydrogen) atoms. The number of hydrogen-bond acceptors (Lipinski definition) is 2. The van der Waals surface area contributed by atoms with Crippen molar-refractivity contribution in [2.24, 2.45) is 4.99 Å². The van der Waals surface area contributed by atoms with Crippen LogP contribution in [0.2, 0.25) is 5.02 Å². The third-order valence-electron chi connectivity index (χ3n) is 2.97. The molecule has 0 heterocycles. The molecule has 0 aliphatic rings. The van der Waals surface area contributed by atoms with Crippen molar-refractivity contribution in [1.29, 1.82) is 0 Å². The Morgan fingerprint density at radius 3 is 2.65 bits per heavy atom. The number of nitrogens with zero attached hydrogens (tertiary/aromatic N) is 1. The number of aliphatic imine (C=N–C) groups is 1. The number of hydrogen-bond donors (Lipinski definition) is 0. The van der Waals surface area contributed by atoms with E-state index in [0.29, 0.717) is 11.6 Å². The van der Waals surface area contributed by atoms with Crippen LogP contribution in [-0.4, -0.2) is 12.8 Å². The van der Waals surface area contributed by atoms with Crippen molar-refractivity contribution in [2.45, 2.75) is 20.8 Å². The number of rotatable bonds is 4. The van der Waals surface area contributed by atoms with Crippen LogP contribution in [0.5, 0.6) is 5.75 Å². The Hall–Kier alpha value is -1.80. The van der Waals surface area contributed by atoms with Crippen LogP contribution in [0, 0.1) is 13.8 Å². The Balaban J connectivity index is 2.32. The van der Waals surface area contributed by atoms with Gasteiger partial charge in [0, 0.05) is 16.8 Å². The molecule has 2 rings (SSSR count). The maximum Gasteiger partial charge on any atom is 0.128 e. The molecule has 0 saturated carbocycles. The van der Waals surface area contributed by atoms with Crippen LogP contribution < -0.4 is 4.74 Å². The van der Waals surface area contributed by atoms with Gasteiger partial charge < -0.3 is 4.74 Å². The summed E-state index contributed by atoms with van der Waals surface area (Å²) in [5.74, 6) is 0.797. The molecule has 0 radical (unpaired) electrons. The van der Waals surface area contributed by atoms with Crippen LogP contribution >= 0.6 is 11.6 Å². The molecule has 0 aliphatic carbocycles. The lowest BCUT2D eigenvalue weighted by Crippen LogP contribution is -1.96. The maximum absolute atomic E-state index is 6.03. The van der Waals surface area contributed by atoms with Gasteiger partial charge in [0.05, 0.1) is 12.3 Å². The van der Waals surface area contributed by atoms with E-state index < -0.39 is 0 Å². The van der Waals surface area contributed by atoms with Crippen LogP contribution in [0.3, 0.4) is 0 Å². The van der Waals surface area contributed by atoms with Crippen LogP contribution in [0.4, 0.5) is 5.69 Å². The molecule has 0 spiro atoms. The quantitative estimate of drug-likeness (QED) is 0.716. The lowest BCUT2D eigenvalue weighted by molar-refractivity contribution is 0.340. The van der Waals surface area contributed by atoms with Gasteiger partial charge in [-0.2, -0.15) is 0 Å². The van der Waals surface area contributed by atoms with Crippen molar-refractivity contribution >= 4 is 23.5 Å². The van der Waals surface area contributed by atoms with Crippen LogP contribution in [0.15, 0.2) is 41.4 Å². The Morgan fingerprint density at radius 1 is 1.15 bits per heavy atom. The lowest BCUT2D eigenvalue weighted by atomic mass is 10.1. The molecule has 0 fully saturated rings. The Morgan fingerprint density at radius 2 is 1.95 bits per heavy atom. The molecular weight excluding hydrogens is 270 g/mol. The van der Waals surface area contributed by atoms with E-state index in [1.807, 2.05) is 31.2 Å². The standard InChI is InChI=1S/C17H18ClNO/c1-4-20-17-8-6-15(18)10-14(17)11-19-16-7-5-12(2)9-13(16)3/h5-11H,4H2,1-3H3. The molecule has 0 saturated heterocycles. The summed E-state index contributed by atoms with van der Waals surface area (Å²) in [5, 5.41) is 0.676. The average Bonchev–Trinajstić information content (AvgIpc) is 2.41. The van der Waals surface area contributed by atoms with E-state index >= 15 is 0 Å². The SMILES string of the molecule is CCOc1ccc(Cl)cc1C=Nc1ccc(C)cc1C. The highest BCUT2D eigenvalue weighted by Gasteiger charge is 2.02. The van der Waals surface area contributed by atoms with Crippen LogP contribution in [-0.2, 0) is 0 Å². The minimum absolute atomic E-state index is 0.617. The van der Waals surface area contributed by atoms with Crippen LogP contribution in [0.25, 0.3) is 0 Å². The van der Waals surface area contributed by atoms with Gasteiger partial charge in [0.2, 0.25) is 0 Å². The predicted octanol–water partition coefficient (Wildman–Crippen LogP) is 5.11. The molecule has 2 nitrogen and oxygen atoms in total. The molecular formula is C17H18ClNO. The van der Waals surface area contributed by atoms with E-state index in [4.69, 9.17) is 16.3 Å². The van der Waals surface area contributed by atoms with Gasteiger partial charge in [-0.1, -0.05) is 29.3 Å². The summed E-state index contributed by atoms with van der Waals surface area (Å²) in [6.07, 6.45) is 1.80. The van der Waals surface area contributed by atoms with Gasteiger partial charge in [-0.05, 0) is 50.6 Å². The number of halogens is 1. The largest absolute Gasteiger partial charge is 0.493 e. The first kappa shape index (κ1) is 14.6. The zero-order valence-corrected chi connectivity index (χ0v) is 12.7. The van der Waals surface area contributed by atoms with Crippen molar-refractivity contribution in [2.75, 3.05) is 6.61 Å². The van der Waals surface area contributed by atoms with E-state index in [1.54, 1.807) is 6.21 Å². The molecule has 0 bridgehead atoms. The summed E-state index contributed by atoms with van der Waals surface area (Å²) in [5.41, 5.74) is 4.23. The summed E-state index contributed by atoms with van der Waals surface area (Å²) in [6, 6.07) is 11.7. The van der Waals surface area contributed by atoms with Gasteiger partial charge in [0.15, 0.2) is 0 Å². The van der Waals surface area contributed by atoms with Crippen molar-refractivity contribution in [1.82, 2.24) is 0 Å². The number of aryl methyl sites for hydroxylation is 2. The minimum atomic E-state index is 0.617. The molecule has 0 aromatic heterocycles. The second kappa shape index (κ2) is 6.58. The molecule has 0 aliphatic heterocycles. The lowest BCUT2D eigenvalue weighted by Gasteiger charge is -2.07. The second-order valence-corrected chi connectivity index (χ2v) is 5.10. The Labute approximate surface area is 125 Å². The summed E-state index contributed by atoms with van der Waals surface area (Å²) in [7, 11) is 0. The fourth-order valence-corrected chi connectivity index (χ4v) is 2.18. The monoisotopic (exact) mass is 287 g/mol. The third kappa shape index (κ3) is 3.61. The highest BCUT2D eigenvalue weighted by molar-refractivity contribution is 6.30. The topological polar surface area (TPSA) is 21.6 Å². The first-order chi connectivity index (χ1) is 9.60. The summed E-state index contributed by atoms with van der Waals surface area (Å²) in [4.78, 5) is 4.54. The van der Waals surface area contributed by atoms with E-state index in [9.17, 15) is 0 Å². The zero-order chi connectivity index (χ0) is 14.5. The minimum Gasteiger partial charge on any atom is -0.493 e. The van der Waals surface area contributed by atoms with Gasteiger partial charge in [-0.25, -0.2) is 0 Å². The number of ether oxygens (including phenoxy) is 1. The molecule has 2 aromatic rings. The normalized spacial score (nSPS) is 11.0. The van der Waals surface area contributed by atoms with Crippen molar-refractivity contribution < 1.29 is 4.74 Å². The fourth-order valence-electron chi connectivity index (χ4n) is 2.00. The molecule has 2 aromatic carbocycles. The van der Waals surface area contributed by atoms with Gasteiger partial charge in [0.25, 0.3) is 0 Å². The second-order valence-electron chi connectivity index (χ2n) is 4.66. The van der Waals surface area contributed by atoms with Gasteiger partial charge in [-0.3, -0.25) is 4.99 Å². The average molecular weight is 288 g/mol. The molecule has 3 heteroatoms. The van der Waals surface area contributed by atoms with Crippen molar-refractivity contribution in [3.05, 3.63) is 58.1 Å². The van der Waals surface area contributed by atoms with E-state index in [-0.39, 0.29) is 0 Å². The summed E-state index contributed by atoms with van der Waals surface area (Å²) >= 11 is 6.03.